The third-order valence-corrected chi connectivity index (χ3v) is 4.87. The minimum Gasteiger partial charge on any atom is -0.342 e. The molecule has 5 heteroatoms. The van der Waals surface area contributed by atoms with Crippen molar-refractivity contribution in [3.05, 3.63) is 22.4 Å². The van der Waals surface area contributed by atoms with Crippen LogP contribution in [-0.2, 0) is 6.54 Å². The largest absolute Gasteiger partial charge is 0.342 e. The Balaban J connectivity index is 1.76. The summed E-state index contributed by atoms with van der Waals surface area (Å²) < 4.78 is 3.06. The molecule has 0 aliphatic carbocycles. The monoisotopic (exact) mass is 339 g/mol. The molecule has 3 rings (SSSR count). The van der Waals surface area contributed by atoms with E-state index in [9.17, 15) is 4.79 Å². The maximum absolute atomic E-state index is 12.8. The summed E-state index contributed by atoms with van der Waals surface area (Å²) in [5, 5.41) is 3.55. The van der Waals surface area contributed by atoms with Gasteiger partial charge in [-0.1, -0.05) is 6.92 Å². The summed E-state index contributed by atoms with van der Waals surface area (Å²) in [6, 6.07) is 2.46. The van der Waals surface area contributed by atoms with Crippen molar-refractivity contribution in [3.63, 3.8) is 0 Å². The van der Waals surface area contributed by atoms with E-state index < -0.39 is 0 Å². The summed E-state index contributed by atoms with van der Waals surface area (Å²) in [4.78, 5) is 14.8. The van der Waals surface area contributed by atoms with Crippen LogP contribution in [-0.4, -0.2) is 41.1 Å². The normalized spacial score (nSPS) is 25.8. The average Bonchev–Trinajstić information content (AvgIpc) is 3.02. The summed E-state index contributed by atoms with van der Waals surface area (Å²) in [7, 11) is 0. The van der Waals surface area contributed by atoms with E-state index in [4.69, 9.17) is 0 Å². The lowest BCUT2D eigenvalue weighted by Crippen LogP contribution is -2.41. The van der Waals surface area contributed by atoms with Gasteiger partial charge in [-0.05, 0) is 53.7 Å². The highest BCUT2D eigenvalue weighted by molar-refractivity contribution is 9.10. The zero-order valence-electron chi connectivity index (χ0n) is 11.9. The lowest BCUT2D eigenvalue weighted by molar-refractivity contribution is 0.0774. The van der Waals surface area contributed by atoms with Crippen LogP contribution in [0.5, 0.6) is 0 Å². The van der Waals surface area contributed by atoms with E-state index in [1.54, 1.807) is 0 Å². The van der Waals surface area contributed by atoms with E-state index in [0.29, 0.717) is 12.0 Å². The molecule has 0 bridgehead atoms. The van der Waals surface area contributed by atoms with Crippen LogP contribution in [0, 0.1) is 5.92 Å². The molecule has 1 aromatic rings. The molecule has 2 unspecified atom stereocenters. The Hall–Kier alpha value is -0.810. The summed E-state index contributed by atoms with van der Waals surface area (Å²) in [5.74, 6) is 0.825. The van der Waals surface area contributed by atoms with Gasteiger partial charge < -0.3 is 14.8 Å². The number of rotatable bonds is 3. The van der Waals surface area contributed by atoms with Crippen LogP contribution in [0.15, 0.2) is 16.7 Å². The molecule has 0 radical (unpaired) electrons. The number of carbonyl (C=O) groups is 1. The molecule has 4 nitrogen and oxygen atoms in total. The van der Waals surface area contributed by atoms with Gasteiger partial charge in [0, 0.05) is 36.3 Å². The number of aromatic nitrogens is 1. The Labute approximate surface area is 128 Å². The Morgan fingerprint density at radius 1 is 1.50 bits per heavy atom. The Morgan fingerprint density at radius 2 is 2.35 bits per heavy atom. The van der Waals surface area contributed by atoms with Crippen LogP contribution in [0.1, 0.15) is 36.7 Å². The summed E-state index contributed by atoms with van der Waals surface area (Å²) in [5.41, 5.74) is 0.817. The fraction of sp³-hybridized carbons (Fsp3) is 0.667. The first-order chi connectivity index (χ1) is 9.69. The number of hydrogen-bond donors (Lipinski definition) is 1. The fourth-order valence-electron chi connectivity index (χ4n) is 3.45. The number of fused-ring (bicyclic) bond motifs is 1. The number of piperidine rings is 1. The van der Waals surface area contributed by atoms with Crippen LogP contribution >= 0.6 is 15.9 Å². The fourth-order valence-corrected chi connectivity index (χ4v) is 3.92. The van der Waals surface area contributed by atoms with Crippen LogP contribution in [0.25, 0.3) is 0 Å². The Morgan fingerprint density at radius 3 is 3.10 bits per heavy atom. The van der Waals surface area contributed by atoms with Crippen LogP contribution in [0.4, 0.5) is 0 Å². The maximum atomic E-state index is 12.8. The third kappa shape index (κ3) is 2.66. The quantitative estimate of drug-likeness (QED) is 0.918. The predicted octanol–water partition coefficient (Wildman–Crippen LogP) is 2.48. The van der Waals surface area contributed by atoms with E-state index in [1.165, 1.54) is 12.8 Å². The molecule has 2 saturated heterocycles. The smallest absolute Gasteiger partial charge is 0.270 e. The molecule has 2 atom stereocenters. The van der Waals surface area contributed by atoms with E-state index in [-0.39, 0.29) is 5.91 Å². The second-order valence-corrected chi connectivity index (χ2v) is 6.83. The van der Waals surface area contributed by atoms with Gasteiger partial charge in [-0.2, -0.15) is 0 Å². The van der Waals surface area contributed by atoms with Crippen LogP contribution in [0.2, 0.25) is 0 Å². The van der Waals surface area contributed by atoms with Crippen LogP contribution in [0.3, 0.4) is 0 Å². The van der Waals surface area contributed by atoms with Crippen LogP contribution < -0.4 is 5.32 Å². The number of likely N-dealkylation sites (tertiary alicyclic amines) is 1. The lowest BCUT2D eigenvalue weighted by Gasteiger charge is -2.24. The molecule has 0 spiro atoms. The predicted molar refractivity (Wildman–Crippen MR) is 82.8 cm³/mol. The topological polar surface area (TPSA) is 37.3 Å². The molecule has 3 heterocycles. The number of nitrogens with zero attached hydrogens (tertiary/aromatic N) is 2. The number of carbonyl (C=O) groups excluding carboxylic acids is 1. The second kappa shape index (κ2) is 5.90. The summed E-state index contributed by atoms with van der Waals surface area (Å²) in [6.07, 6.45) is 5.54. The molecule has 2 aliphatic rings. The van der Waals surface area contributed by atoms with Crippen molar-refractivity contribution < 1.29 is 4.79 Å². The SMILES string of the molecule is CCCn1cc(Br)cc1C(=O)N1CC2CCCNC2C1. The van der Waals surface area contributed by atoms with Crippen molar-refractivity contribution in [1.29, 1.82) is 0 Å². The molecular weight excluding hydrogens is 318 g/mol. The van der Waals surface area contributed by atoms with Gasteiger partial charge >= 0.3 is 0 Å². The number of aryl methyl sites for hydroxylation is 1. The van der Waals surface area contributed by atoms with Gasteiger partial charge in [0.1, 0.15) is 5.69 Å². The summed E-state index contributed by atoms with van der Waals surface area (Å²) >= 11 is 3.49. The molecule has 110 valence electrons. The molecule has 0 saturated carbocycles. The minimum atomic E-state index is 0.181. The number of halogens is 1. The van der Waals surface area contributed by atoms with Gasteiger partial charge in [0.2, 0.25) is 0 Å². The highest BCUT2D eigenvalue weighted by Crippen LogP contribution is 2.27. The van der Waals surface area contributed by atoms with Gasteiger partial charge in [0.15, 0.2) is 0 Å². The van der Waals surface area contributed by atoms with Gasteiger partial charge in [-0.25, -0.2) is 0 Å². The molecule has 1 amide bonds. The first-order valence-corrected chi connectivity index (χ1v) is 8.36. The van der Waals surface area contributed by atoms with Crippen molar-refractivity contribution in [3.8, 4) is 0 Å². The van der Waals surface area contributed by atoms with Crippen molar-refractivity contribution in [2.45, 2.75) is 38.8 Å². The average molecular weight is 340 g/mol. The van der Waals surface area contributed by atoms with Crippen molar-refractivity contribution in [1.82, 2.24) is 14.8 Å². The molecule has 1 N–H and O–H groups in total. The molecular formula is C15H22BrN3O. The Kier molecular flexibility index (Phi) is 4.17. The molecule has 0 aromatic carbocycles. The van der Waals surface area contributed by atoms with Gasteiger partial charge in [0.25, 0.3) is 5.91 Å². The third-order valence-electron chi connectivity index (χ3n) is 4.43. The van der Waals surface area contributed by atoms with Crippen molar-refractivity contribution in [2.75, 3.05) is 19.6 Å². The van der Waals surface area contributed by atoms with Gasteiger partial charge in [0.05, 0.1) is 0 Å². The van der Waals surface area contributed by atoms with Gasteiger partial charge in [-0.3, -0.25) is 4.79 Å². The van der Waals surface area contributed by atoms with Crippen molar-refractivity contribution in [2.24, 2.45) is 5.92 Å². The minimum absolute atomic E-state index is 0.181. The molecule has 2 aliphatic heterocycles. The zero-order chi connectivity index (χ0) is 14.1. The molecule has 1 aromatic heterocycles. The zero-order valence-corrected chi connectivity index (χ0v) is 13.5. The maximum Gasteiger partial charge on any atom is 0.270 e. The molecule has 20 heavy (non-hydrogen) atoms. The number of hydrogen-bond acceptors (Lipinski definition) is 2. The standard InChI is InChI=1S/C15H22BrN3O/c1-2-6-18-9-12(16)7-14(18)15(20)19-8-11-4-3-5-17-13(11)10-19/h7,9,11,13,17H,2-6,8,10H2,1H3. The lowest BCUT2D eigenvalue weighted by atomic mass is 9.94. The van der Waals surface area contributed by atoms with E-state index in [2.05, 4.69) is 32.7 Å². The van der Waals surface area contributed by atoms with E-state index in [1.807, 2.05) is 17.2 Å². The van der Waals surface area contributed by atoms with E-state index >= 15 is 0 Å². The van der Waals surface area contributed by atoms with Gasteiger partial charge in [-0.15, -0.1) is 0 Å². The van der Waals surface area contributed by atoms with E-state index in [0.717, 1.165) is 42.8 Å². The first kappa shape index (κ1) is 14.1. The second-order valence-electron chi connectivity index (χ2n) is 5.91. The molecule has 2 fully saturated rings. The summed E-state index contributed by atoms with van der Waals surface area (Å²) in [6.45, 7) is 5.90. The Bertz CT molecular complexity index is 485. The van der Waals surface area contributed by atoms with Crippen molar-refractivity contribution >= 4 is 21.8 Å². The number of amides is 1. The first-order valence-electron chi connectivity index (χ1n) is 7.57. The highest BCUT2D eigenvalue weighted by atomic mass is 79.9. The highest BCUT2D eigenvalue weighted by Gasteiger charge is 2.37. The number of nitrogens with one attached hydrogen (secondary N) is 1.